The molecule has 1 aliphatic heterocycles. The third kappa shape index (κ3) is 4.05. The van der Waals surface area contributed by atoms with E-state index >= 15 is 0 Å². The number of benzene rings is 2. The molecule has 0 radical (unpaired) electrons. The van der Waals surface area contributed by atoms with Crippen LogP contribution in [0.2, 0.25) is 0 Å². The van der Waals surface area contributed by atoms with E-state index in [0.29, 0.717) is 11.4 Å². The Hall–Kier alpha value is -3.42. The maximum absolute atomic E-state index is 12.7. The minimum absolute atomic E-state index is 0.118. The Morgan fingerprint density at radius 3 is 2.74 bits per heavy atom. The van der Waals surface area contributed by atoms with Crippen molar-refractivity contribution >= 4 is 29.3 Å². The van der Waals surface area contributed by atoms with Crippen LogP contribution in [0.3, 0.4) is 0 Å². The van der Waals surface area contributed by atoms with Crippen molar-refractivity contribution in [3.05, 3.63) is 54.1 Å². The first-order chi connectivity index (χ1) is 13.0. The van der Waals surface area contributed by atoms with E-state index in [-0.39, 0.29) is 29.5 Å². The van der Waals surface area contributed by atoms with Gasteiger partial charge >= 0.3 is 6.61 Å². The largest absolute Gasteiger partial charge is 0.493 e. The standard InChI is InChI=1S/C19H16F2N2O4/c1-26-15-8-4-5-12(18(15)27-19(20)21)9-10-17(25)23-11-16(24)22-13-6-2-3-7-14(13)23/h2-10,19H,11H2,1H3,(H,22,24). The number of para-hydroxylation sites is 3. The minimum atomic E-state index is -3.04. The Morgan fingerprint density at radius 1 is 1.22 bits per heavy atom. The van der Waals surface area contributed by atoms with Gasteiger partial charge in [0, 0.05) is 11.6 Å². The number of hydrogen-bond acceptors (Lipinski definition) is 4. The molecule has 0 saturated carbocycles. The van der Waals surface area contributed by atoms with Gasteiger partial charge in [-0.05, 0) is 24.3 Å². The van der Waals surface area contributed by atoms with Gasteiger partial charge in [-0.3, -0.25) is 14.5 Å². The lowest BCUT2D eigenvalue weighted by Gasteiger charge is -2.28. The number of halogens is 2. The first kappa shape index (κ1) is 18.4. The van der Waals surface area contributed by atoms with Gasteiger partial charge in [0.15, 0.2) is 11.5 Å². The van der Waals surface area contributed by atoms with Gasteiger partial charge in [-0.2, -0.15) is 8.78 Å². The van der Waals surface area contributed by atoms with Gasteiger partial charge in [-0.1, -0.05) is 24.3 Å². The molecule has 0 spiro atoms. The molecule has 0 bridgehead atoms. The number of carbonyl (C=O) groups excluding carboxylic acids is 2. The molecule has 1 heterocycles. The first-order valence-corrected chi connectivity index (χ1v) is 8.00. The Labute approximate surface area is 154 Å². The molecule has 0 saturated heterocycles. The second kappa shape index (κ2) is 7.86. The predicted octanol–water partition coefficient (Wildman–Crippen LogP) is 3.30. The Bertz CT molecular complexity index is 899. The summed E-state index contributed by atoms with van der Waals surface area (Å²) in [7, 11) is 1.33. The lowest BCUT2D eigenvalue weighted by atomic mass is 10.1. The van der Waals surface area contributed by atoms with Crippen LogP contribution in [0.1, 0.15) is 5.56 Å². The topological polar surface area (TPSA) is 67.9 Å². The number of anilines is 2. The lowest BCUT2D eigenvalue weighted by Crippen LogP contribution is -2.41. The normalized spacial score (nSPS) is 13.5. The van der Waals surface area contributed by atoms with Crippen molar-refractivity contribution in [3.63, 3.8) is 0 Å². The number of methoxy groups -OCH3 is 1. The highest BCUT2D eigenvalue weighted by molar-refractivity contribution is 6.13. The van der Waals surface area contributed by atoms with Crippen LogP contribution >= 0.6 is 0 Å². The van der Waals surface area contributed by atoms with Gasteiger partial charge in [0.25, 0.3) is 5.91 Å². The van der Waals surface area contributed by atoms with Crippen LogP contribution in [0.15, 0.2) is 48.5 Å². The summed E-state index contributed by atoms with van der Waals surface area (Å²) >= 11 is 0. The van der Waals surface area contributed by atoms with Crippen molar-refractivity contribution in [1.82, 2.24) is 0 Å². The monoisotopic (exact) mass is 374 g/mol. The smallest absolute Gasteiger partial charge is 0.387 e. The molecule has 2 amide bonds. The minimum Gasteiger partial charge on any atom is -0.493 e. The summed E-state index contributed by atoms with van der Waals surface area (Å²) in [6.07, 6.45) is 2.54. The molecule has 0 aromatic heterocycles. The maximum Gasteiger partial charge on any atom is 0.387 e. The summed E-state index contributed by atoms with van der Waals surface area (Å²) in [6.45, 7) is -3.18. The SMILES string of the molecule is COc1cccc(C=CC(=O)N2CC(=O)Nc3ccccc32)c1OC(F)F. The number of rotatable bonds is 5. The summed E-state index contributed by atoms with van der Waals surface area (Å²) in [5.74, 6) is -0.842. The highest BCUT2D eigenvalue weighted by atomic mass is 19.3. The molecule has 2 aromatic rings. The zero-order valence-electron chi connectivity index (χ0n) is 14.3. The van der Waals surface area contributed by atoms with E-state index in [1.807, 2.05) is 0 Å². The highest BCUT2D eigenvalue weighted by Crippen LogP contribution is 2.34. The van der Waals surface area contributed by atoms with E-state index in [2.05, 4.69) is 10.1 Å². The molecule has 1 N–H and O–H groups in total. The number of nitrogens with one attached hydrogen (secondary N) is 1. The number of fused-ring (bicyclic) bond motifs is 1. The zero-order valence-corrected chi connectivity index (χ0v) is 14.3. The average molecular weight is 374 g/mol. The van der Waals surface area contributed by atoms with Crippen molar-refractivity contribution in [1.29, 1.82) is 0 Å². The first-order valence-electron chi connectivity index (χ1n) is 8.00. The fraction of sp³-hybridized carbons (Fsp3) is 0.158. The van der Waals surface area contributed by atoms with Crippen molar-refractivity contribution < 1.29 is 27.8 Å². The Balaban J connectivity index is 1.89. The highest BCUT2D eigenvalue weighted by Gasteiger charge is 2.25. The fourth-order valence-corrected chi connectivity index (χ4v) is 2.72. The van der Waals surface area contributed by atoms with Crippen LogP contribution < -0.4 is 19.7 Å². The molecular weight excluding hydrogens is 358 g/mol. The number of amides is 2. The molecule has 3 rings (SSSR count). The summed E-state index contributed by atoms with van der Waals surface area (Å²) in [5.41, 5.74) is 1.33. The predicted molar refractivity (Wildman–Crippen MR) is 96.1 cm³/mol. The second-order valence-electron chi connectivity index (χ2n) is 5.58. The van der Waals surface area contributed by atoms with E-state index in [9.17, 15) is 18.4 Å². The molecule has 27 heavy (non-hydrogen) atoms. The summed E-state index contributed by atoms with van der Waals surface area (Å²) in [6, 6.07) is 11.5. The molecule has 0 atom stereocenters. The number of ether oxygens (including phenoxy) is 2. The van der Waals surface area contributed by atoms with Crippen molar-refractivity contribution in [2.24, 2.45) is 0 Å². The number of carbonyl (C=O) groups is 2. The summed E-state index contributed by atoms with van der Waals surface area (Å²) in [4.78, 5) is 25.7. The van der Waals surface area contributed by atoms with E-state index in [0.717, 1.165) is 0 Å². The summed E-state index contributed by atoms with van der Waals surface area (Å²) in [5, 5.41) is 2.69. The molecule has 6 nitrogen and oxygen atoms in total. The van der Waals surface area contributed by atoms with Crippen LogP contribution in [-0.4, -0.2) is 32.1 Å². The van der Waals surface area contributed by atoms with E-state index in [1.165, 1.54) is 36.3 Å². The number of hydrogen-bond donors (Lipinski definition) is 1. The van der Waals surface area contributed by atoms with Crippen LogP contribution in [0.5, 0.6) is 11.5 Å². The number of alkyl halides is 2. The van der Waals surface area contributed by atoms with Gasteiger partial charge in [0.1, 0.15) is 6.54 Å². The third-order valence-electron chi connectivity index (χ3n) is 3.88. The Morgan fingerprint density at radius 2 is 2.00 bits per heavy atom. The molecule has 1 aliphatic rings. The second-order valence-corrected chi connectivity index (χ2v) is 5.58. The van der Waals surface area contributed by atoms with Gasteiger partial charge in [-0.25, -0.2) is 0 Å². The molecule has 2 aromatic carbocycles. The van der Waals surface area contributed by atoms with Gasteiger partial charge in [-0.15, -0.1) is 0 Å². The fourth-order valence-electron chi connectivity index (χ4n) is 2.72. The quantitative estimate of drug-likeness (QED) is 0.816. The molecule has 140 valence electrons. The van der Waals surface area contributed by atoms with Gasteiger partial charge in [0.2, 0.25) is 5.91 Å². The van der Waals surface area contributed by atoms with Gasteiger partial charge < -0.3 is 14.8 Å². The van der Waals surface area contributed by atoms with Gasteiger partial charge in [0.05, 0.1) is 18.5 Å². The van der Waals surface area contributed by atoms with E-state index in [4.69, 9.17) is 4.74 Å². The van der Waals surface area contributed by atoms with Crippen molar-refractivity contribution in [2.45, 2.75) is 6.61 Å². The summed E-state index contributed by atoms with van der Waals surface area (Å²) < 4.78 is 34.9. The molecular formula is C19H16F2N2O4. The molecule has 0 aliphatic carbocycles. The van der Waals surface area contributed by atoms with Crippen molar-refractivity contribution in [2.75, 3.05) is 23.9 Å². The molecule has 8 heteroatoms. The van der Waals surface area contributed by atoms with Crippen molar-refractivity contribution in [3.8, 4) is 11.5 Å². The lowest BCUT2D eigenvalue weighted by molar-refractivity contribution is -0.119. The molecule has 0 fully saturated rings. The van der Waals surface area contributed by atoms with Crippen LogP contribution in [0.4, 0.5) is 20.2 Å². The average Bonchev–Trinajstić information content (AvgIpc) is 2.65. The van der Waals surface area contributed by atoms with Crippen LogP contribution in [-0.2, 0) is 9.59 Å². The Kier molecular flexibility index (Phi) is 5.35. The molecule has 0 unspecified atom stereocenters. The van der Waals surface area contributed by atoms with Crippen LogP contribution in [0, 0.1) is 0 Å². The number of nitrogens with zero attached hydrogens (tertiary/aromatic N) is 1. The van der Waals surface area contributed by atoms with Crippen LogP contribution in [0.25, 0.3) is 6.08 Å². The van der Waals surface area contributed by atoms with E-state index < -0.39 is 12.5 Å². The zero-order chi connectivity index (χ0) is 19.4. The maximum atomic E-state index is 12.7. The van der Waals surface area contributed by atoms with E-state index in [1.54, 1.807) is 30.3 Å². The third-order valence-corrected chi connectivity index (χ3v) is 3.88.